The van der Waals surface area contributed by atoms with Crippen LogP contribution in [0.1, 0.15) is 16.1 Å². The van der Waals surface area contributed by atoms with Crippen LogP contribution in [0.25, 0.3) is 10.9 Å². The van der Waals surface area contributed by atoms with Crippen molar-refractivity contribution in [1.29, 1.82) is 0 Å². The molecule has 7 heteroatoms. The van der Waals surface area contributed by atoms with Gasteiger partial charge in [-0.2, -0.15) is 0 Å². The van der Waals surface area contributed by atoms with Gasteiger partial charge in [0, 0.05) is 41.6 Å². The minimum Gasteiger partial charge on any atom is -0.456 e. The number of aromatic amines is 1. The fraction of sp³-hybridized carbons (Fsp3) is 0.222. The number of ether oxygens (including phenoxy) is 1. The molecular formula is C18H18N4O3. The summed E-state index contributed by atoms with van der Waals surface area (Å²) in [7, 11) is 1.68. The number of H-pyrrole nitrogens is 1. The van der Waals surface area contributed by atoms with E-state index < -0.39 is 5.97 Å². The van der Waals surface area contributed by atoms with Gasteiger partial charge in [0.25, 0.3) is 0 Å². The van der Waals surface area contributed by atoms with E-state index in [9.17, 15) is 9.59 Å². The predicted molar refractivity (Wildman–Crippen MR) is 93.6 cm³/mol. The number of likely N-dealkylation sites (N-methyl/N-ethyl adjacent to an activating group) is 1. The Morgan fingerprint density at radius 3 is 2.64 bits per heavy atom. The molecule has 0 spiro atoms. The number of para-hydroxylation sites is 1. The number of hydrogen-bond donors (Lipinski definition) is 1. The van der Waals surface area contributed by atoms with Crippen molar-refractivity contribution in [1.82, 2.24) is 15.0 Å². The maximum atomic E-state index is 12.5. The first kappa shape index (κ1) is 16.6. The van der Waals surface area contributed by atoms with Gasteiger partial charge in [0.05, 0.1) is 0 Å². The fourth-order valence-electron chi connectivity index (χ4n) is 2.65. The number of fused-ring (bicyclic) bond motifs is 1. The van der Waals surface area contributed by atoms with Gasteiger partial charge in [0.1, 0.15) is 6.54 Å². The van der Waals surface area contributed by atoms with Crippen LogP contribution in [0.15, 0.2) is 42.7 Å². The molecule has 7 nitrogen and oxygen atoms in total. The fourth-order valence-corrected chi connectivity index (χ4v) is 2.65. The number of aryl methyl sites for hydroxylation is 1. The minimum absolute atomic E-state index is 0.0375. The van der Waals surface area contributed by atoms with E-state index in [1.807, 2.05) is 31.2 Å². The summed E-state index contributed by atoms with van der Waals surface area (Å²) < 4.78 is 5.12. The number of esters is 1. The number of nitrogens with one attached hydrogen (secondary N) is 1. The summed E-state index contributed by atoms with van der Waals surface area (Å²) in [6.45, 7) is 1.49. The minimum atomic E-state index is -0.513. The third-order valence-electron chi connectivity index (χ3n) is 3.80. The van der Waals surface area contributed by atoms with Gasteiger partial charge in [-0.25, -0.2) is 9.97 Å². The molecule has 0 bridgehead atoms. The average molecular weight is 338 g/mol. The standard InChI is InChI=1S/C18H18N4O3/c1-12-17(13-6-3-4-7-14(13)21-12)15(23)11-25-16(24)10-22(2)18-19-8-5-9-20-18/h3-9,21H,10-11H2,1-2H3. The highest BCUT2D eigenvalue weighted by molar-refractivity contribution is 6.10. The van der Waals surface area contributed by atoms with Crippen molar-refractivity contribution in [2.45, 2.75) is 6.92 Å². The van der Waals surface area contributed by atoms with Crippen molar-refractivity contribution in [3.05, 3.63) is 54.0 Å². The molecule has 0 aliphatic carbocycles. The lowest BCUT2D eigenvalue weighted by Crippen LogP contribution is -2.29. The molecule has 1 N–H and O–H groups in total. The number of Topliss-reactive ketones (excluding diaryl/α,β-unsaturated/α-hetero) is 1. The third-order valence-corrected chi connectivity index (χ3v) is 3.80. The number of hydrogen-bond acceptors (Lipinski definition) is 6. The SMILES string of the molecule is Cc1[nH]c2ccccc2c1C(=O)COC(=O)CN(C)c1ncccn1. The number of aromatic nitrogens is 3. The molecule has 0 amide bonds. The molecule has 25 heavy (non-hydrogen) atoms. The Morgan fingerprint density at radius 2 is 1.88 bits per heavy atom. The van der Waals surface area contributed by atoms with Crippen molar-refractivity contribution in [3.63, 3.8) is 0 Å². The molecule has 0 saturated carbocycles. The molecule has 2 heterocycles. The topological polar surface area (TPSA) is 88.2 Å². The molecule has 0 unspecified atom stereocenters. The zero-order valence-corrected chi connectivity index (χ0v) is 14.0. The second-order valence-electron chi connectivity index (χ2n) is 5.66. The molecule has 0 aliphatic rings. The summed E-state index contributed by atoms with van der Waals surface area (Å²) in [6, 6.07) is 9.23. The lowest BCUT2D eigenvalue weighted by atomic mass is 10.1. The molecule has 0 saturated heterocycles. The van der Waals surface area contributed by atoms with E-state index in [-0.39, 0.29) is 18.9 Å². The van der Waals surface area contributed by atoms with Crippen LogP contribution in [-0.4, -0.2) is 46.9 Å². The summed E-state index contributed by atoms with van der Waals surface area (Å²) in [4.78, 5) is 37.3. The monoisotopic (exact) mass is 338 g/mol. The number of rotatable bonds is 6. The average Bonchev–Trinajstić information content (AvgIpc) is 2.96. The van der Waals surface area contributed by atoms with Crippen molar-refractivity contribution in [2.24, 2.45) is 0 Å². The lowest BCUT2D eigenvalue weighted by molar-refractivity contribution is -0.140. The zero-order valence-electron chi connectivity index (χ0n) is 14.0. The molecule has 3 aromatic rings. The van der Waals surface area contributed by atoms with E-state index >= 15 is 0 Å². The Kier molecular flexibility index (Phi) is 4.74. The van der Waals surface area contributed by atoms with Crippen LogP contribution >= 0.6 is 0 Å². The van der Waals surface area contributed by atoms with Crippen molar-refractivity contribution in [2.75, 3.05) is 25.1 Å². The van der Waals surface area contributed by atoms with Crippen LogP contribution < -0.4 is 4.90 Å². The van der Waals surface area contributed by atoms with E-state index in [4.69, 9.17) is 4.74 Å². The first-order valence-corrected chi connectivity index (χ1v) is 7.80. The van der Waals surface area contributed by atoms with Gasteiger partial charge in [-0.3, -0.25) is 9.59 Å². The maximum absolute atomic E-state index is 12.5. The Hall–Kier alpha value is -3.22. The zero-order chi connectivity index (χ0) is 17.8. The summed E-state index contributed by atoms with van der Waals surface area (Å²) in [6.07, 6.45) is 3.18. The highest BCUT2D eigenvalue weighted by atomic mass is 16.5. The second kappa shape index (κ2) is 7.12. The Labute approximate surface area is 144 Å². The second-order valence-corrected chi connectivity index (χ2v) is 5.66. The number of ketones is 1. The number of benzene rings is 1. The molecular weight excluding hydrogens is 320 g/mol. The molecule has 0 aliphatic heterocycles. The molecule has 0 radical (unpaired) electrons. The van der Waals surface area contributed by atoms with Crippen LogP contribution in [0.4, 0.5) is 5.95 Å². The predicted octanol–water partition coefficient (Wildman–Crippen LogP) is 2.13. The highest BCUT2D eigenvalue weighted by Gasteiger charge is 2.18. The van der Waals surface area contributed by atoms with E-state index in [2.05, 4.69) is 15.0 Å². The molecule has 0 fully saturated rings. The van der Waals surface area contributed by atoms with Gasteiger partial charge >= 0.3 is 5.97 Å². The Bertz CT molecular complexity index is 905. The quantitative estimate of drug-likeness (QED) is 0.547. The lowest BCUT2D eigenvalue weighted by Gasteiger charge is -2.15. The first-order chi connectivity index (χ1) is 12.1. The van der Waals surface area contributed by atoms with Gasteiger partial charge in [-0.05, 0) is 19.1 Å². The number of carbonyl (C=O) groups is 2. The summed E-state index contributed by atoms with van der Waals surface area (Å²) >= 11 is 0. The van der Waals surface area contributed by atoms with Gasteiger partial charge in [0.15, 0.2) is 6.61 Å². The molecule has 3 rings (SSSR count). The normalized spacial score (nSPS) is 10.6. The van der Waals surface area contributed by atoms with Gasteiger partial charge < -0.3 is 14.6 Å². The highest BCUT2D eigenvalue weighted by Crippen LogP contribution is 2.22. The Morgan fingerprint density at radius 1 is 1.16 bits per heavy atom. The molecule has 128 valence electrons. The van der Waals surface area contributed by atoms with Gasteiger partial charge in [0.2, 0.25) is 11.7 Å². The van der Waals surface area contributed by atoms with Crippen molar-refractivity contribution in [3.8, 4) is 0 Å². The van der Waals surface area contributed by atoms with Crippen LogP contribution in [0.3, 0.4) is 0 Å². The number of carbonyl (C=O) groups excluding carboxylic acids is 2. The van der Waals surface area contributed by atoms with Crippen molar-refractivity contribution < 1.29 is 14.3 Å². The maximum Gasteiger partial charge on any atom is 0.326 e. The summed E-state index contributed by atoms with van der Waals surface area (Å²) in [5.41, 5.74) is 2.20. The van der Waals surface area contributed by atoms with E-state index in [1.54, 1.807) is 30.4 Å². The van der Waals surface area contributed by atoms with Gasteiger partial charge in [-0.15, -0.1) is 0 Å². The van der Waals surface area contributed by atoms with E-state index in [0.29, 0.717) is 11.5 Å². The molecule has 0 atom stereocenters. The van der Waals surface area contributed by atoms with Crippen LogP contribution in [-0.2, 0) is 9.53 Å². The van der Waals surface area contributed by atoms with E-state index in [1.165, 1.54) is 0 Å². The van der Waals surface area contributed by atoms with Crippen molar-refractivity contribution >= 4 is 28.6 Å². The Balaban J connectivity index is 1.62. The molecule has 1 aromatic carbocycles. The first-order valence-electron chi connectivity index (χ1n) is 7.80. The largest absolute Gasteiger partial charge is 0.456 e. The summed E-state index contributed by atoms with van der Waals surface area (Å²) in [5, 5.41) is 0.829. The molecule has 2 aromatic heterocycles. The van der Waals surface area contributed by atoms with Crippen LogP contribution in [0.2, 0.25) is 0 Å². The van der Waals surface area contributed by atoms with E-state index in [0.717, 1.165) is 16.6 Å². The summed E-state index contributed by atoms with van der Waals surface area (Å²) in [5.74, 6) is -0.332. The smallest absolute Gasteiger partial charge is 0.326 e. The number of anilines is 1. The third kappa shape index (κ3) is 3.65. The van der Waals surface area contributed by atoms with Gasteiger partial charge in [-0.1, -0.05) is 18.2 Å². The van der Waals surface area contributed by atoms with Crippen LogP contribution in [0, 0.1) is 6.92 Å². The van der Waals surface area contributed by atoms with Crippen LogP contribution in [0.5, 0.6) is 0 Å². The number of nitrogens with zero attached hydrogens (tertiary/aromatic N) is 3.